The molecule has 2 aromatic carbocycles. The van der Waals surface area contributed by atoms with Gasteiger partial charge in [-0.25, -0.2) is 0 Å². The van der Waals surface area contributed by atoms with E-state index in [0.29, 0.717) is 33.5 Å². The predicted octanol–water partition coefficient (Wildman–Crippen LogP) is 4.51. The summed E-state index contributed by atoms with van der Waals surface area (Å²) in [4.78, 5) is 38.4. The van der Waals surface area contributed by atoms with Gasteiger partial charge in [-0.2, -0.15) is 0 Å². The molecule has 1 N–H and O–H groups in total. The third kappa shape index (κ3) is 5.03. The highest BCUT2D eigenvalue weighted by molar-refractivity contribution is 8.18. The number of aryl methyl sites for hydroxylation is 1. The number of hydrogen-bond donors (Lipinski definition) is 1. The standard InChI is InChI=1S/C22H18Cl2N2O5S/c23-15-3-1-2-14(20(15)24)11-18-21(28)26(22(29)32-18)9-8-25-19(27)7-5-13-4-6-16-17(10-13)31-12-30-16/h1-4,6,10-11H,5,7-9,12H2,(H,25,27)/b18-11-. The molecule has 3 amide bonds. The van der Waals surface area contributed by atoms with E-state index in [2.05, 4.69) is 5.32 Å². The molecule has 10 heteroatoms. The topological polar surface area (TPSA) is 84.9 Å². The Morgan fingerprint density at radius 2 is 1.97 bits per heavy atom. The molecule has 0 spiro atoms. The minimum Gasteiger partial charge on any atom is -0.454 e. The van der Waals surface area contributed by atoms with Gasteiger partial charge in [0, 0.05) is 19.5 Å². The summed E-state index contributed by atoms with van der Waals surface area (Å²) in [6.07, 6.45) is 2.35. The zero-order valence-electron chi connectivity index (χ0n) is 16.7. The van der Waals surface area contributed by atoms with E-state index in [9.17, 15) is 14.4 Å². The van der Waals surface area contributed by atoms with E-state index in [0.717, 1.165) is 22.2 Å². The zero-order valence-corrected chi connectivity index (χ0v) is 19.1. The average Bonchev–Trinajstić information content (AvgIpc) is 3.34. The van der Waals surface area contributed by atoms with Gasteiger partial charge >= 0.3 is 0 Å². The van der Waals surface area contributed by atoms with E-state index in [1.54, 1.807) is 24.3 Å². The maximum Gasteiger partial charge on any atom is 0.293 e. The van der Waals surface area contributed by atoms with Crippen molar-refractivity contribution in [3.8, 4) is 11.5 Å². The average molecular weight is 493 g/mol. The summed E-state index contributed by atoms with van der Waals surface area (Å²) in [6, 6.07) is 10.6. The second-order valence-corrected chi connectivity index (χ2v) is 8.79. The molecule has 0 unspecified atom stereocenters. The number of amides is 3. The van der Waals surface area contributed by atoms with Gasteiger partial charge < -0.3 is 14.8 Å². The maximum atomic E-state index is 12.6. The summed E-state index contributed by atoms with van der Waals surface area (Å²) in [5, 5.41) is 3.03. The number of carbonyl (C=O) groups excluding carboxylic acids is 3. The molecule has 2 aromatic rings. The molecule has 2 aliphatic heterocycles. The number of halogens is 2. The van der Waals surface area contributed by atoms with Gasteiger partial charge in [0.2, 0.25) is 12.7 Å². The van der Waals surface area contributed by atoms with Crippen LogP contribution in [0.1, 0.15) is 17.5 Å². The summed E-state index contributed by atoms with van der Waals surface area (Å²) in [7, 11) is 0. The van der Waals surface area contributed by atoms with Crippen molar-refractivity contribution in [3.05, 3.63) is 62.5 Å². The molecule has 2 heterocycles. The van der Waals surface area contributed by atoms with Crippen LogP contribution < -0.4 is 14.8 Å². The van der Waals surface area contributed by atoms with Crippen molar-refractivity contribution in [1.82, 2.24) is 10.2 Å². The number of imide groups is 1. The predicted molar refractivity (Wildman–Crippen MR) is 123 cm³/mol. The van der Waals surface area contributed by atoms with E-state index in [4.69, 9.17) is 32.7 Å². The minimum atomic E-state index is -0.425. The molecule has 1 fully saturated rings. The largest absolute Gasteiger partial charge is 0.454 e. The van der Waals surface area contributed by atoms with Gasteiger partial charge in [-0.15, -0.1) is 0 Å². The first-order chi connectivity index (χ1) is 15.4. The summed E-state index contributed by atoms with van der Waals surface area (Å²) in [5.41, 5.74) is 1.52. The lowest BCUT2D eigenvalue weighted by molar-refractivity contribution is -0.124. The fraction of sp³-hybridized carbons (Fsp3) is 0.227. The first-order valence-electron chi connectivity index (χ1n) is 9.77. The molecule has 32 heavy (non-hydrogen) atoms. The number of rotatable bonds is 7. The van der Waals surface area contributed by atoms with Crippen LogP contribution in [-0.2, 0) is 16.0 Å². The van der Waals surface area contributed by atoms with Crippen LogP contribution >= 0.6 is 35.0 Å². The van der Waals surface area contributed by atoms with Gasteiger partial charge in [0.05, 0.1) is 15.0 Å². The Labute approximate surface area is 198 Å². The Morgan fingerprint density at radius 1 is 1.16 bits per heavy atom. The first-order valence-corrected chi connectivity index (χ1v) is 11.3. The third-order valence-corrected chi connectivity index (χ3v) is 6.62. The summed E-state index contributed by atoms with van der Waals surface area (Å²) < 4.78 is 10.6. The van der Waals surface area contributed by atoms with Crippen molar-refractivity contribution in [3.63, 3.8) is 0 Å². The molecule has 0 aromatic heterocycles. The van der Waals surface area contributed by atoms with Crippen LogP contribution in [0.15, 0.2) is 41.3 Å². The number of thioether (sulfide) groups is 1. The smallest absolute Gasteiger partial charge is 0.293 e. The van der Waals surface area contributed by atoms with Crippen LogP contribution in [-0.4, -0.2) is 41.8 Å². The van der Waals surface area contributed by atoms with E-state index in [1.807, 2.05) is 18.2 Å². The monoisotopic (exact) mass is 492 g/mol. The Bertz CT molecular complexity index is 1120. The van der Waals surface area contributed by atoms with Gasteiger partial charge in [0.15, 0.2) is 11.5 Å². The minimum absolute atomic E-state index is 0.0844. The fourth-order valence-corrected chi connectivity index (χ4v) is 4.43. The lowest BCUT2D eigenvalue weighted by atomic mass is 10.1. The Kier molecular flexibility index (Phi) is 6.93. The normalized spacial score (nSPS) is 16.2. The van der Waals surface area contributed by atoms with Crippen LogP contribution in [0, 0.1) is 0 Å². The Morgan fingerprint density at radius 3 is 2.81 bits per heavy atom. The van der Waals surface area contributed by atoms with Crippen LogP contribution in [0.2, 0.25) is 10.0 Å². The molecule has 0 atom stereocenters. The summed E-state index contributed by atoms with van der Waals surface area (Å²) in [5.74, 6) is 0.776. The molecule has 166 valence electrons. The molecule has 0 bridgehead atoms. The van der Waals surface area contributed by atoms with E-state index >= 15 is 0 Å². The number of nitrogens with one attached hydrogen (secondary N) is 1. The number of ether oxygens (including phenoxy) is 2. The van der Waals surface area contributed by atoms with Crippen molar-refractivity contribution in [1.29, 1.82) is 0 Å². The van der Waals surface area contributed by atoms with Crippen molar-refractivity contribution in [2.24, 2.45) is 0 Å². The molecule has 2 aliphatic rings. The van der Waals surface area contributed by atoms with Gasteiger partial charge in [-0.05, 0) is 53.6 Å². The summed E-state index contributed by atoms with van der Waals surface area (Å²) in [6.45, 7) is 0.457. The Hall–Kier alpha value is -2.68. The van der Waals surface area contributed by atoms with Gasteiger partial charge in [-0.3, -0.25) is 19.3 Å². The number of carbonyl (C=O) groups is 3. The summed E-state index contributed by atoms with van der Waals surface area (Å²) >= 11 is 13.0. The SMILES string of the molecule is O=C(CCc1ccc2c(c1)OCO2)NCCN1C(=O)S/C(=C\c2cccc(Cl)c2Cl)C1=O. The molecule has 4 rings (SSSR count). The van der Waals surface area contributed by atoms with Gasteiger partial charge in [0.1, 0.15) is 0 Å². The molecular formula is C22H18Cl2N2O5S. The second-order valence-electron chi connectivity index (χ2n) is 7.01. The van der Waals surface area contributed by atoms with Crippen molar-refractivity contribution < 1.29 is 23.9 Å². The number of benzene rings is 2. The maximum absolute atomic E-state index is 12.6. The van der Waals surface area contributed by atoms with E-state index < -0.39 is 11.1 Å². The molecule has 0 radical (unpaired) electrons. The van der Waals surface area contributed by atoms with E-state index in [1.165, 1.54) is 0 Å². The quantitative estimate of drug-likeness (QED) is 0.572. The van der Waals surface area contributed by atoms with Gasteiger partial charge in [-0.1, -0.05) is 41.4 Å². The second kappa shape index (κ2) is 9.85. The van der Waals surface area contributed by atoms with Crippen molar-refractivity contribution in [2.75, 3.05) is 19.9 Å². The molecule has 1 saturated heterocycles. The van der Waals surface area contributed by atoms with Crippen molar-refractivity contribution in [2.45, 2.75) is 12.8 Å². The Balaban J connectivity index is 1.27. The zero-order chi connectivity index (χ0) is 22.7. The number of hydrogen-bond acceptors (Lipinski definition) is 6. The molecule has 0 saturated carbocycles. The van der Waals surface area contributed by atoms with Crippen LogP contribution in [0.5, 0.6) is 11.5 Å². The van der Waals surface area contributed by atoms with Crippen LogP contribution in [0.4, 0.5) is 4.79 Å². The van der Waals surface area contributed by atoms with Gasteiger partial charge in [0.25, 0.3) is 11.1 Å². The lowest BCUT2D eigenvalue weighted by Gasteiger charge is -2.13. The van der Waals surface area contributed by atoms with Crippen LogP contribution in [0.25, 0.3) is 6.08 Å². The molecule has 0 aliphatic carbocycles. The number of fused-ring (bicyclic) bond motifs is 1. The number of nitrogens with zero attached hydrogens (tertiary/aromatic N) is 1. The lowest BCUT2D eigenvalue weighted by Crippen LogP contribution is -2.37. The van der Waals surface area contributed by atoms with Crippen molar-refractivity contribution >= 4 is 58.1 Å². The van der Waals surface area contributed by atoms with Crippen LogP contribution in [0.3, 0.4) is 0 Å². The highest BCUT2D eigenvalue weighted by Crippen LogP contribution is 2.35. The highest BCUT2D eigenvalue weighted by Gasteiger charge is 2.34. The highest BCUT2D eigenvalue weighted by atomic mass is 35.5. The third-order valence-electron chi connectivity index (χ3n) is 4.88. The first kappa shape index (κ1) is 22.5. The molecule has 7 nitrogen and oxygen atoms in total. The fourth-order valence-electron chi connectivity index (χ4n) is 3.22. The molecular weight excluding hydrogens is 475 g/mol. The van der Waals surface area contributed by atoms with E-state index in [-0.39, 0.29) is 37.1 Å².